The maximum atomic E-state index is 12.2. The molecule has 1 aromatic carbocycles. The maximum Gasteiger partial charge on any atom is 0.191 e. The number of piperidine rings is 1. The number of guanidine groups is 1. The fraction of sp³-hybridized carbons (Fsp3) is 0.682. The summed E-state index contributed by atoms with van der Waals surface area (Å²) in [4.78, 5) is 7.22. The standard InChI is InChI=1S/C22H38N4OS.HI/c1-5-23-21(24-13-16-28(27)22(2,3)4)25-17-19-9-11-20(12-10-19)18-26-14-7-6-8-15-26;/h9-12H,5-8,13-18H2,1-4H3,(H2,23,24,25);1H. The Kier molecular flexibility index (Phi) is 12.4. The molecule has 7 heteroatoms. The molecule has 1 unspecified atom stereocenters. The number of rotatable bonds is 8. The Hall–Kier alpha value is -0.670. The summed E-state index contributed by atoms with van der Waals surface area (Å²) < 4.78 is 12.0. The lowest BCUT2D eigenvalue weighted by Crippen LogP contribution is -2.40. The minimum Gasteiger partial charge on any atom is -0.357 e. The molecule has 5 nitrogen and oxygen atoms in total. The monoisotopic (exact) mass is 534 g/mol. The van der Waals surface area contributed by atoms with Gasteiger partial charge < -0.3 is 10.6 Å². The van der Waals surface area contributed by atoms with Crippen LogP contribution in [-0.4, -0.2) is 51.7 Å². The maximum absolute atomic E-state index is 12.2. The Bertz CT molecular complexity index is 637. The van der Waals surface area contributed by atoms with E-state index in [2.05, 4.69) is 51.7 Å². The fourth-order valence-corrected chi connectivity index (χ4v) is 4.11. The average Bonchev–Trinajstić information content (AvgIpc) is 2.67. The van der Waals surface area contributed by atoms with Crippen molar-refractivity contribution in [1.29, 1.82) is 0 Å². The SMILES string of the molecule is CCNC(=NCc1ccc(CN2CCCCC2)cc1)NCCS(=O)C(C)(C)C.I. The molecule has 0 bridgehead atoms. The van der Waals surface area contributed by atoms with Crippen molar-refractivity contribution in [3.05, 3.63) is 35.4 Å². The molecule has 0 aromatic heterocycles. The molecule has 29 heavy (non-hydrogen) atoms. The van der Waals surface area contributed by atoms with Gasteiger partial charge in [-0.2, -0.15) is 0 Å². The molecule has 0 aliphatic carbocycles. The first-order valence-electron chi connectivity index (χ1n) is 10.6. The van der Waals surface area contributed by atoms with E-state index in [0.717, 1.165) is 19.0 Å². The summed E-state index contributed by atoms with van der Waals surface area (Å²) in [6.07, 6.45) is 4.04. The van der Waals surface area contributed by atoms with Gasteiger partial charge in [-0.15, -0.1) is 24.0 Å². The van der Waals surface area contributed by atoms with E-state index in [1.54, 1.807) is 0 Å². The lowest BCUT2D eigenvalue weighted by Gasteiger charge is -2.26. The third-order valence-corrected chi connectivity index (χ3v) is 6.85. The number of benzene rings is 1. The summed E-state index contributed by atoms with van der Waals surface area (Å²) in [6.45, 7) is 13.7. The van der Waals surface area contributed by atoms with Crippen molar-refractivity contribution < 1.29 is 4.21 Å². The molecule has 1 aromatic rings. The largest absolute Gasteiger partial charge is 0.357 e. The van der Waals surface area contributed by atoms with Crippen molar-refractivity contribution in [2.45, 2.75) is 64.8 Å². The van der Waals surface area contributed by atoms with Gasteiger partial charge in [-0.25, -0.2) is 4.99 Å². The molecular formula is C22H39IN4OS. The van der Waals surface area contributed by atoms with Gasteiger partial charge in [0, 0.05) is 40.9 Å². The number of nitrogens with one attached hydrogen (secondary N) is 2. The third kappa shape index (κ3) is 10.3. The average molecular weight is 535 g/mol. The minimum absolute atomic E-state index is 0. The molecular weight excluding hydrogens is 495 g/mol. The van der Waals surface area contributed by atoms with Gasteiger partial charge in [0.2, 0.25) is 0 Å². The van der Waals surface area contributed by atoms with E-state index in [1.807, 2.05) is 20.8 Å². The van der Waals surface area contributed by atoms with E-state index in [-0.39, 0.29) is 28.7 Å². The predicted octanol–water partition coefficient (Wildman–Crippen LogP) is 3.89. The van der Waals surface area contributed by atoms with Crippen molar-refractivity contribution in [1.82, 2.24) is 15.5 Å². The molecule has 166 valence electrons. The van der Waals surface area contributed by atoms with Crippen LogP contribution in [0, 0.1) is 0 Å². The fourth-order valence-electron chi connectivity index (χ4n) is 3.21. The second-order valence-electron chi connectivity index (χ2n) is 8.44. The molecule has 1 heterocycles. The Labute approximate surface area is 197 Å². The van der Waals surface area contributed by atoms with E-state index < -0.39 is 10.8 Å². The second-order valence-corrected chi connectivity index (χ2v) is 10.8. The summed E-state index contributed by atoms with van der Waals surface area (Å²) in [7, 11) is -0.853. The topological polar surface area (TPSA) is 56.7 Å². The van der Waals surface area contributed by atoms with Crippen molar-refractivity contribution >= 4 is 40.7 Å². The highest BCUT2D eigenvalue weighted by Crippen LogP contribution is 2.14. The number of likely N-dealkylation sites (tertiary alicyclic amines) is 1. The lowest BCUT2D eigenvalue weighted by molar-refractivity contribution is 0.221. The van der Waals surface area contributed by atoms with Crippen molar-refractivity contribution in [2.24, 2.45) is 4.99 Å². The zero-order valence-corrected chi connectivity index (χ0v) is 21.6. The van der Waals surface area contributed by atoms with Crippen LogP contribution in [-0.2, 0) is 23.9 Å². The van der Waals surface area contributed by atoms with Crippen LogP contribution in [0.4, 0.5) is 0 Å². The summed E-state index contributed by atoms with van der Waals surface area (Å²) in [5.74, 6) is 1.41. The van der Waals surface area contributed by atoms with Crippen LogP contribution in [0.3, 0.4) is 0 Å². The second kappa shape index (κ2) is 13.6. The van der Waals surface area contributed by atoms with Crippen LogP contribution in [0.25, 0.3) is 0 Å². The molecule has 1 atom stereocenters. The van der Waals surface area contributed by atoms with Gasteiger partial charge in [0.25, 0.3) is 0 Å². The Morgan fingerprint density at radius 3 is 2.28 bits per heavy atom. The molecule has 0 amide bonds. The van der Waals surface area contributed by atoms with Crippen LogP contribution < -0.4 is 10.6 Å². The first kappa shape index (κ1) is 26.4. The number of halogens is 1. The molecule has 1 aliphatic heterocycles. The predicted molar refractivity (Wildman–Crippen MR) is 137 cm³/mol. The van der Waals surface area contributed by atoms with Crippen LogP contribution >= 0.6 is 24.0 Å². The first-order valence-corrected chi connectivity index (χ1v) is 11.9. The number of aliphatic imine (C=N–C) groups is 1. The van der Waals surface area contributed by atoms with Gasteiger partial charge in [0.15, 0.2) is 5.96 Å². The van der Waals surface area contributed by atoms with Gasteiger partial charge in [0.05, 0.1) is 6.54 Å². The minimum atomic E-state index is -0.853. The van der Waals surface area contributed by atoms with E-state index in [1.165, 1.54) is 43.5 Å². The summed E-state index contributed by atoms with van der Waals surface area (Å²) >= 11 is 0. The Morgan fingerprint density at radius 1 is 1.07 bits per heavy atom. The number of hydrogen-bond donors (Lipinski definition) is 2. The zero-order chi connectivity index (χ0) is 20.4. The zero-order valence-electron chi connectivity index (χ0n) is 18.5. The van der Waals surface area contributed by atoms with Crippen LogP contribution in [0.2, 0.25) is 0 Å². The van der Waals surface area contributed by atoms with Crippen molar-refractivity contribution in [2.75, 3.05) is 31.9 Å². The lowest BCUT2D eigenvalue weighted by atomic mass is 10.1. The van der Waals surface area contributed by atoms with Gasteiger partial charge in [0.1, 0.15) is 0 Å². The third-order valence-electron chi connectivity index (χ3n) is 4.90. The Balaban J connectivity index is 0.00000420. The van der Waals surface area contributed by atoms with Crippen molar-refractivity contribution in [3.63, 3.8) is 0 Å². The highest BCUT2D eigenvalue weighted by atomic mass is 127. The molecule has 1 saturated heterocycles. The van der Waals surface area contributed by atoms with Crippen LogP contribution in [0.1, 0.15) is 58.1 Å². The van der Waals surface area contributed by atoms with E-state index in [9.17, 15) is 4.21 Å². The van der Waals surface area contributed by atoms with Gasteiger partial charge in [-0.05, 0) is 64.8 Å². The Morgan fingerprint density at radius 2 is 1.69 bits per heavy atom. The highest BCUT2D eigenvalue weighted by molar-refractivity contribution is 14.0. The highest BCUT2D eigenvalue weighted by Gasteiger charge is 2.18. The van der Waals surface area contributed by atoms with Crippen LogP contribution in [0.5, 0.6) is 0 Å². The molecule has 1 aliphatic rings. The summed E-state index contributed by atoms with van der Waals surface area (Å²) in [5, 5.41) is 6.56. The van der Waals surface area contributed by atoms with Gasteiger partial charge in [-0.3, -0.25) is 9.11 Å². The molecule has 0 radical (unpaired) electrons. The summed E-state index contributed by atoms with van der Waals surface area (Å²) in [5.41, 5.74) is 2.59. The molecule has 1 fully saturated rings. The summed E-state index contributed by atoms with van der Waals surface area (Å²) in [6, 6.07) is 8.82. The smallest absolute Gasteiger partial charge is 0.191 e. The van der Waals surface area contributed by atoms with E-state index >= 15 is 0 Å². The first-order chi connectivity index (χ1) is 13.4. The number of hydrogen-bond acceptors (Lipinski definition) is 3. The number of nitrogens with zero attached hydrogens (tertiary/aromatic N) is 2. The molecule has 2 rings (SSSR count). The molecule has 2 N–H and O–H groups in total. The van der Waals surface area contributed by atoms with E-state index in [4.69, 9.17) is 0 Å². The molecule has 0 saturated carbocycles. The normalized spacial score (nSPS) is 16.8. The van der Waals surface area contributed by atoms with E-state index in [0.29, 0.717) is 18.8 Å². The van der Waals surface area contributed by atoms with Crippen LogP contribution in [0.15, 0.2) is 29.3 Å². The quantitative estimate of drug-likeness (QED) is 0.302. The van der Waals surface area contributed by atoms with Crippen molar-refractivity contribution in [3.8, 4) is 0 Å². The molecule has 0 spiro atoms. The van der Waals surface area contributed by atoms with Gasteiger partial charge in [-0.1, -0.05) is 30.7 Å². The van der Waals surface area contributed by atoms with Gasteiger partial charge >= 0.3 is 0 Å².